The molecule has 1 fully saturated rings. The molecule has 3 heterocycles. The van der Waals surface area contributed by atoms with Crippen LogP contribution in [-0.2, 0) is 4.74 Å². The Balaban J connectivity index is 1.55. The molecule has 3 N–H and O–H groups in total. The highest BCUT2D eigenvalue weighted by atomic mass is 16.5. The number of nitrogens with two attached hydrogens (primary N) is 1. The average Bonchev–Trinajstić information content (AvgIpc) is 2.52. The Morgan fingerprint density at radius 2 is 2.10 bits per heavy atom. The lowest BCUT2D eigenvalue weighted by atomic mass is 10.3. The summed E-state index contributed by atoms with van der Waals surface area (Å²) in [7, 11) is 0. The second-order valence-corrected chi connectivity index (χ2v) is 5.06. The number of rotatable bonds is 5. The largest absolute Gasteiger partial charge is 0.384 e. The summed E-state index contributed by atoms with van der Waals surface area (Å²) in [6.07, 6.45) is 2.58. The number of pyridine rings is 1. The molecule has 7 heteroatoms. The molecule has 1 aliphatic rings. The monoisotopic (exact) mass is 288 g/mol. The number of fused-ring (bicyclic) bond motifs is 1. The summed E-state index contributed by atoms with van der Waals surface area (Å²) in [5.74, 6) is 1.29. The molecule has 0 spiro atoms. The maximum absolute atomic E-state index is 5.67. The van der Waals surface area contributed by atoms with Crippen molar-refractivity contribution in [2.24, 2.45) is 0 Å². The van der Waals surface area contributed by atoms with E-state index < -0.39 is 0 Å². The molecule has 112 valence electrons. The first-order chi connectivity index (χ1) is 10.3. The van der Waals surface area contributed by atoms with E-state index in [2.05, 4.69) is 25.2 Å². The third-order valence-electron chi connectivity index (χ3n) is 3.57. The number of hydrogen-bond acceptors (Lipinski definition) is 7. The van der Waals surface area contributed by atoms with Gasteiger partial charge in [0, 0.05) is 19.6 Å². The molecule has 2 aromatic heterocycles. The minimum Gasteiger partial charge on any atom is -0.384 e. The van der Waals surface area contributed by atoms with Gasteiger partial charge in [-0.1, -0.05) is 0 Å². The van der Waals surface area contributed by atoms with E-state index in [0.717, 1.165) is 57.0 Å². The van der Waals surface area contributed by atoms with Crippen molar-refractivity contribution in [2.75, 3.05) is 50.4 Å². The number of anilines is 2. The van der Waals surface area contributed by atoms with Gasteiger partial charge in [0.05, 0.1) is 18.6 Å². The molecule has 2 aromatic rings. The van der Waals surface area contributed by atoms with Gasteiger partial charge >= 0.3 is 0 Å². The molecule has 1 aliphatic heterocycles. The molecule has 0 amide bonds. The molecule has 0 aliphatic carbocycles. The fourth-order valence-corrected chi connectivity index (χ4v) is 2.43. The second-order valence-electron chi connectivity index (χ2n) is 5.06. The summed E-state index contributed by atoms with van der Waals surface area (Å²) in [4.78, 5) is 15.0. The van der Waals surface area contributed by atoms with Crippen molar-refractivity contribution < 1.29 is 4.74 Å². The Morgan fingerprint density at radius 1 is 1.24 bits per heavy atom. The van der Waals surface area contributed by atoms with Crippen molar-refractivity contribution in [3.05, 3.63) is 18.5 Å². The van der Waals surface area contributed by atoms with Crippen LogP contribution in [0, 0.1) is 0 Å². The quantitative estimate of drug-likeness (QED) is 0.784. The number of morpholine rings is 1. The molecule has 0 saturated carbocycles. The third kappa shape index (κ3) is 3.56. The van der Waals surface area contributed by atoms with Gasteiger partial charge in [0.2, 0.25) is 0 Å². The van der Waals surface area contributed by atoms with Gasteiger partial charge in [-0.3, -0.25) is 4.90 Å². The van der Waals surface area contributed by atoms with E-state index in [0.29, 0.717) is 11.5 Å². The highest BCUT2D eigenvalue weighted by Crippen LogP contribution is 2.18. The summed E-state index contributed by atoms with van der Waals surface area (Å²) in [5.41, 5.74) is 6.30. The van der Waals surface area contributed by atoms with Crippen LogP contribution >= 0.6 is 0 Å². The van der Waals surface area contributed by atoms with Gasteiger partial charge in [-0.25, -0.2) is 15.0 Å². The van der Waals surface area contributed by atoms with Crippen LogP contribution in [0.4, 0.5) is 11.6 Å². The SMILES string of the molecule is Nc1ccc2c(NCCCN3CCOCC3)ncnc2n1. The molecule has 0 bridgehead atoms. The Kier molecular flexibility index (Phi) is 4.42. The number of ether oxygens (including phenoxy) is 1. The first-order valence-corrected chi connectivity index (χ1v) is 7.24. The van der Waals surface area contributed by atoms with Crippen molar-refractivity contribution in [3.8, 4) is 0 Å². The van der Waals surface area contributed by atoms with Crippen molar-refractivity contribution in [1.29, 1.82) is 0 Å². The number of hydrogen-bond donors (Lipinski definition) is 2. The van der Waals surface area contributed by atoms with E-state index in [9.17, 15) is 0 Å². The van der Waals surface area contributed by atoms with Crippen molar-refractivity contribution in [3.63, 3.8) is 0 Å². The van der Waals surface area contributed by atoms with Crippen LogP contribution in [0.25, 0.3) is 11.0 Å². The highest BCUT2D eigenvalue weighted by Gasteiger charge is 2.09. The van der Waals surface area contributed by atoms with Gasteiger partial charge in [0.1, 0.15) is 18.0 Å². The molecule has 7 nitrogen and oxygen atoms in total. The molecular formula is C14H20N6O. The summed E-state index contributed by atoms with van der Waals surface area (Å²) >= 11 is 0. The standard InChI is InChI=1S/C14H20N6O/c15-12-3-2-11-13(17-10-18-14(11)19-12)16-4-1-5-20-6-8-21-9-7-20/h2-3,10H,1,4-9H2,(H3,15,16,17,18,19). The predicted molar refractivity (Wildman–Crippen MR) is 82.1 cm³/mol. The van der Waals surface area contributed by atoms with Gasteiger partial charge < -0.3 is 15.8 Å². The number of nitrogens with one attached hydrogen (secondary N) is 1. The average molecular weight is 288 g/mol. The van der Waals surface area contributed by atoms with Gasteiger partial charge in [-0.05, 0) is 25.1 Å². The normalized spacial score (nSPS) is 16.2. The molecule has 0 radical (unpaired) electrons. The Bertz CT molecular complexity index is 599. The zero-order valence-corrected chi connectivity index (χ0v) is 12.0. The molecule has 0 aromatic carbocycles. The summed E-state index contributed by atoms with van der Waals surface area (Å²) < 4.78 is 5.34. The maximum atomic E-state index is 5.67. The Morgan fingerprint density at radius 3 is 2.95 bits per heavy atom. The van der Waals surface area contributed by atoms with E-state index in [1.807, 2.05) is 6.07 Å². The van der Waals surface area contributed by atoms with Crippen molar-refractivity contribution in [2.45, 2.75) is 6.42 Å². The number of aromatic nitrogens is 3. The van der Waals surface area contributed by atoms with Crippen molar-refractivity contribution in [1.82, 2.24) is 19.9 Å². The molecular weight excluding hydrogens is 268 g/mol. The third-order valence-corrected chi connectivity index (χ3v) is 3.57. The summed E-state index contributed by atoms with van der Waals surface area (Å²) in [6, 6.07) is 3.67. The van der Waals surface area contributed by atoms with E-state index in [1.165, 1.54) is 6.33 Å². The zero-order valence-electron chi connectivity index (χ0n) is 12.0. The smallest absolute Gasteiger partial charge is 0.166 e. The molecule has 1 saturated heterocycles. The lowest BCUT2D eigenvalue weighted by Gasteiger charge is -2.26. The van der Waals surface area contributed by atoms with E-state index in [1.54, 1.807) is 6.07 Å². The van der Waals surface area contributed by atoms with Gasteiger partial charge in [0.25, 0.3) is 0 Å². The van der Waals surface area contributed by atoms with Crippen LogP contribution in [0.3, 0.4) is 0 Å². The molecule has 0 unspecified atom stereocenters. The fraction of sp³-hybridized carbons (Fsp3) is 0.500. The minimum atomic E-state index is 0.472. The molecule has 3 rings (SSSR count). The number of nitrogens with zero attached hydrogens (tertiary/aromatic N) is 4. The molecule has 0 atom stereocenters. The minimum absolute atomic E-state index is 0.472. The maximum Gasteiger partial charge on any atom is 0.166 e. The summed E-state index contributed by atoms with van der Waals surface area (Å²) in [6.45, 7) is 5.69. The molecule has 21 heavy (non-hydrogen) atoms. The van der Waals surface area contributed by atoms with Crippen LogP contribution < -0.4 is 11.1 Å². The lowest BCUT2D eigenvalue weighted by molar-refractivity contribution is 0.0378. The Labute approximate surface area is 123 Å². The van der Waals surface area contributed by atoms with E-state index >= 15 is 0 Å². The topological polar surface area (TPSA) is 89.2 Å². The van der Waals surface area contributed by atoms with Gasteiger partial charge in [-0.2, -0.15) is 0 Å². The van der Waals surface area contributed by atoms with Crippen LogP contribution in [0.15, 0.2) is 18.5 Å². The first-order valence-electron chi connectivity index (χ1n) is 7.24. The lowest BCUT2D eigenvalue weighted by Crippen LogP contribution is -2.37. The van der Waals surface area contributed by atoms with Gasteiger partial charge in [0.15, 0.2) is 5.65 Å². The van der Waals surface area contributed by atoms with E-state index in [4.69, 9.17) is 10.5 Å². The van der Waals surface area contributed by atoms with Crippen molar-refractivity contribution >= 4 is 22.7 Å². The fourth-order valence-electron chi connectivity index (χ4n) is 2.43. The first kappa shape index (κ1) is 14.0. The predicted octanol–water partition coefficient (Wildman–Crippen LogP) is 0.741. The van der Waals surface area contributed by atoms with Crippen LogP contribution in [0.1, 0.15) is 6.42 Å². The van der Waals surface area contributed by atoms with Crippen LogP contribution in [0.2, 0.25) is 0 Å². The second kappa shape index (κ2) is 6.64. The van der Waals surface area contributed by atoms with E-state index in [-0.39, 0.29) is 0 Å². The van der Waals surface area contributed by atoms with Gasteiger partial charge in [-0.15, -0.1) is 0 Å². The zero-order chi connectivity index (χ0) is 14.5. The highest BCUT2D eigenvalue weighted by molar-refractivity contribution is 5.86. The number of nitrogen functional groups attached to an aromatic ring is 1. The summed E-state index contributed by atoms with van der Waals surface area (Å²) in [5, 5.41) is 4.26. The van der Waals surface area contributed by atoms with Crippen LogP contribution in [-0.4, -0.2) is 59.2 Å². The van der Waals surface area contributed by atoms with Crippen LogP contribution in [0.5, 0.6) is 0 Å². The Hall–Kier alpha value is -1.99.